The molecule has 0 aromatic heterocycles. The second-order valence-electron chi connectivity index (χ2n) is 4.76. The summed E-state index contributed by atoms with van der Waals surface area (Å²) in [6, 6.07) is 3.86. The number of anilines is 1. The number of nitrogens with one attached hydrogen (secondary N) is 2. The van der Waals surface area contributed by atoms with Crippen LogP contribution < -0.4 is 10.6 Å². The molecule has 5 heteroatoms. The van der Waals surface area contributed by atoms with Gasteiger partial charge in [0.2, 0.25) is 0 Å². The predicted molar refractivity (Wildman–Crippen MR) is 73.7 cm³/mol. The SMILES string of the molecule is CCC(O)(CC)CNC(=O)Nc1cc(C)cc(F)c1. The molecule has 0 saturated carbocycles. The van der Waals surface area contributed by atoms with E-state index in [1.807, 2.05) is 13.8 Å². The van der Waals surface area contributed by atoms with E-state index < -0.39 is 17.4 Å². The minimum Gasteiger partial charge on any atom is -0.388 e. The van der Waals surface area contributed by atoms with Crippen LogP contribution in [0.1, 0.15) is 32.3 Å². The van der Waals surface area contributed by atoms with Crippen molar-refractivity contribution in [3.8, 4) is 0 Å². The number of carbonyl (C=O) groups excluding carboxylic acids is 1. The summed E-state index contributed by atoms with van der Waals surface area (Å²) in [5.74, 6) is -0.395. The van der Waals surface area contributed by atoms with E-state index in [-0.39, 0.29) is 6.54 Å². The smallest absolute Gasteiger partial charge is 0.319 e. The zero-order valence-electron chi connectivity index (χ0n) is 11.6. The van der Waals surface area contributed by atoms with Gasteiger partial charge in [-0.25, -0.2) is 9.18 Å². The van der Waals surface area contributed by atoms with Gasteiger partial charge in [0.15, 0.2) is 0 Å². The van der Waals surface area contributed by atoms with Crippen molar-refractivity contribution in [3.63, 3.8) is 0 Å². The molecule has 0 aliphatic carbocycles. The third-order valence-corrected chi connectivity index (χ3v) is 3.19. The van der Waals surface area contributed by atoms with E-state index in [9.17, 15) is 14.3 Å². The first-order valence-electron chi connectivity index (χ1n) is 6.43. The Hall–Kier alpha value is -1.62. The molecular weight excluding hydrogens is 247 g/mol. The minimum absolute atomic E-state index is 0.167. The Labute approximate surface area is 113 Å². The van der Waals surface area contributed by atoms with E-state index in [1.165, 1.54) is 12.1 Å². The number of aliphatic hydroxyl groups is 1. The maximum absolute atomic E-state index is 13.2. The van der Waals surface area contributed by atoms with Gasteiger partial charge in [-0.15, -0.1) is 0 Å². The Kier molecular flexibility index (Phi) is 5.30. The van der Waals surface area contributed by atoms with Crippen molar-refractivity contribution < 1.29 is 14.3 Å². The molecule has 1 aromatic carbocycles. The second-order valence-corrected chi connectivity index (χ2v) is 4.76. The van der Waals surface area contributed by atoms with Gasteiger partial charge in [-0.3, -0.25) is 0 Å². The fourth-order valence-electron chi connectivity index (χ4n) is 1.73. The molecule has 0 spiro atoms. The highest BCUT2D eigenvalue weighted by Gasteiger charge is 2.22. The summed E-state index contributed by atoms with van der Waals surface area (Å²) >= 11 is 0. The van der Waals surface area contributed by atoms with Gasteiger partial charge >= 0.3 is 6.03 Å². The monoisotopic (exact) mass is 268 g/mol. The van der Waals surface area contributed by atoms with Crippen molar-refractivity contribution in [2.45, 2.75) is 39.2 Å². The van der Waals surface area contributed by atoms with E-state index in [0.717, 1.165) is 5.56 Å². The van der Waals surface area contributed by atoms with Crippen LogP contribution in [0.4, 0.5) is 14.9 Å². The Morgan fingerprint density at radius 2 is 1.95 bits per heavy atom. The Bertz CT molecular complexity index is 425. The second kappa shape index (κ2) is 6.52. The first-order valence-corrected chi connectivity index (χ1v) is 6.43. The zero-order chi connectivity index (χ0) is 14.5. The summed E-state index contributed by atoms with van der Waals surface area (Å²) < 4.78 is 13.2. The van der Waals surface area contributed by atoms with Gasteiger partial charge < -0.3 is 15.7 Å². The lowest BCUT2D eigenvalue weighted by Crippen LogP contribution is -2.43. The van der Waals surface area contributed by atoms with Gasteiger partial charge in [0.1, 0.15) is 5.82 Å². The van der Waals surface area contributed by atoms with Gasteiger partial charge in [-0.1, -0.05) is 13.8 Å². The van der Waals surface area contributed by atoms with E-state index >= 15 is 0 Å². The topological polar surface area (TPSA) is 61.4 Å². The number of halogens is 1. The third-order valence-electron chi connectivity index (χ3n) is 3.19. The quantitative estimate of drug-likeness (QED) is 0.769. The molecule has 3 N–H and O–H groups in total. The van der Waals surface area contributed by atoms with Gasteiger partial charge in [-0.05, 0) is 43.5 Å². The molecule has 0 atom stereocenters. The van der Waals surface area contributed by atoms with Crippen molar-refractivity contribution in [2.75, 3.05) is 11.9 Å². The van der Waals surface area contributed by atoms with Crippen LogP contribution >= 0.6 is 0 Å². The van der Waals surface area contributed by atoms with Crippen molar-refractivity contribution in [3.05, 3.63) is 29.6 Å². The maximum Gasteiger partial charge on any atom is 0.319 e. The van der Waals surface area contributed by atoms with Crippen LogP contribution in [-0.4, -0.2) is 23.3 Å². The molecule has 0 saturated heterocycles. The summed E-state index contributed by atoms with van der Waals surface area (Å²) in [6.45, 7) is 5.64. The molecule has 19 heavy (non-hydrogen) atoms. The van der Waals surface area contributed by atoms with Crippen LogP contribution in [0.5, 0.6) is 0 Å². The number of hydrogen-bond acceptors (Lipinski definition) is 2. The third kappa shape index (κ3) is 4.87. The number of hydrogen-bond donors (Lipinski definition) is 3. The lowest BCUT2D eigenvalue weighted by atomic mass is 9.98. The van der Waals surface area contributed by atoms with Crippen molar-refractivity contribution in [2.24, 2.45) is 0 Å². The number of amides is 2. The molecule has 106 valence electrons. The molecule has 0 aliphatic rings. The van der Waals surface area contributed by atoms with Crippen LogP contribution in [-0.2, 0) is 0 Å². The van der Waals surface area contributed by atoms with Crippen LogP contribution in [0.25, 0.3) is 0 Å². The van der Waals surface area contributed by atoms with Crippen LogP contribution in [0, 0.1) is 12.7 Å². The maximum atomic E-state index is 13.2. The Morgan fingerprint density at radius 1 is 1.32 bits per heavy atom. The number of urea groups is 1. The number of rotatable bonds is 5. The zero-order valence-corrected chi connectivity index (χ0v) is 11.6. The van der Waals surface area contributed by atoms with Gasteiger partial charge in [-0.2, -0.15) is 0 Å². The standard InChI is InChI=1S/C14H21FN2O2/c1-4-14(19,5-2)9-16-13(18)17-12-7-10(3)6-11(15)8-12/h6-8,19H,4-5,9H2,1-3H3,(H2,16,17,18). The van der Waals surface area contributed by atoms with Gasteiger partial charge in [0, 0.05) is 12.2 Å². The van der Waals surface area contributed by atoms with E-state index in [0.29, 0.717) is 18.5 Å². The lowest BCUT2D eigenvalue weighted by Gasteiger charge is -2.25. The Balaban J connectivity index is 2.56. The molecule has 0 radical (unpaired) electrons. The molecule has 1 rings (SSSR count). The summed E-state index contributed by atoms with van der Waals surface area (Å²) in [5, 5.41) is 15.2. The first kappa shape index (κ1) is 15.4. The molecule has 0 unspecified atom stereocenters. The van der Waals surface area contributed by atoms with E-state index in [4.69, 9.17) is 0 Å². The molecule has 0 bridgehead atoms. The predicted octanol–water partition coefficient (Wildman–Crippen LogP) is 2.81. The fraction of sp³-hybridized carbons (Fsp3) is 0.500. The summed E-state index contributed by atoms with van der Waals surface area (Å²) in [4.78, 5) is 11.7. The van der Waals surface area contributed by atoms with Crippen LogP contribution in [0.2, 0.25) is 0 Å². The average molecular weight is 268 g/mol. The molecule has 1 aromatic rings. The van der Waals surface area contributed by atoms with Crippen LogP contribution in [0.3, 0.4) is 0 Å². The molecule has 0 heterocycles. The highest BCUT2D eigenvalue weighted by Crippen LogP contribution is 2.14. The summed E-state index contributed by atoms with van der Waals surface area (Å²) in [7, 11) is 0. The Morgan fingerprint density at radius 3 is 2.47 bits per heavy atom. The van der Waals surface area contributed by atoms with Crippen LogP contribution in [0.15, 0.2) is 18.2 Å². The lowest BCUT2D eigenvalue weighted by molar-refractivity contribution is 0.0354. The molecular formula is C14H21FN2O2. The molecule has 4 nitrogen and oxygen atoms in total. The van der Waals surface area contributed by atoms with Crippen molar-refractivity contribution >= 4 is 11.7 Å². The van der Waals surface area contributed by atoms with E-state index in [2.05, 4.69) is 10.6 Å². The summed E-state index contributed by atoms with van der Waals surface area (Å²) in [5.41, 5.74) is 0.232. The van der Waals surface area contributed by atoms with E-state index in [1.54, 1.807) is 13.0 Å². The van der Waals surface area contributed by atoms with Gasteiger partial charge in [0.05, 0.1) is 5.60 Å². The highest BCUT2D eigenvalue weighted by molar-refractivity contribution is 5.89. The number of carbonyl (C=O) groups is 1. The van der Waals surface area contributed by atoms with Crippen molar-refractivity contribution in [1.29, 1.82) is 0 Å². The number of aryl methyl sites for hydroxylation is 1. The molecule has 0 fully saturated rings. The molecule has 2 amide bonds. The summed E-state index contributed by atoms with van der Waals surface area (Å²) in [6.07, 6.45) is 1.12. The molecule has 0 aliphatic heterocycles. The minimum atomic E-state index is -0.894. The number of benzene rings is 1. The average Bonchev–Trinajstić information content (AvgIpc) is 2.35. The van der Waals surface area contributed by atoms with Crippen molar-refractivity contribution in [1.82, 2.24) is 5.32 Å². The largest absolute Gasteiger partial charge is 0.388 e. The fourth-order valence-corrected chi connectivity index (χ4v) is 1.73. The normalized spacial score (nSPS) is 11.2. The highest BCUT2D eigenvalue weighted by atomic mass is 19.1. The first-order chi connectivity index (χ1) is 8.88. The van der Waals surface area contributed by atoms with Gasteiger partial charge in [0.25, 0.3) is 0 Å².